The molecule has 0 spiro atoms. The monoisotopic (exact) mass is 281 g/mol. The molecule has 1 saturated heterocycles. The smallest absolute Gasteiger partial charge is 0.410 e. The van der Waals surface area contributed by atoms with E-state index in [2.05, 4.69) is 5.10 Å². The summed E-state index contributed by atoms with van der Waals surface area (Å²) < 4.78 is 6.88. The average Bonchev–Trinajstić information content (AvgIpc) is 2.72. The van der Waals surface area contributed by atoms with Crippen LogP contribution in [-0.2, 0) is 15.1 Å². The maximum absolute atomic E-state index is 11.9. The molecule has 1 amide bonds. The Hall–Kier alpha value is -2.05. The van der Waals surface area contributed by atoms with Crippen molar-refractivity contribution in [1.82, 2.24) is 14.7 Å². The number of nitrogens with zero attached hydrogens (tertiary/aromatic N) is 3. The van der Waals surface area contributed by atoms with Crippen molar-refractivity contribution in [2.45, 2.75) is 38.3 Å². The average molecular weight is 281 g/mol. The number of likely N-dealkylation sites (tertiary alicyclic amines) is 1. The lowest BCUT2D eigenvalue weighted by Gasteiger charge is -2.49. The molecule has 1 aliphatic heterocycles. The molecule has 0 radical (unpaired) electrons. The van der Waals surface area contributed by atoms with Gasteiger partial charge in [-0.3, -0.25) is 9.48 Å². The normalized spacial score (nSPS) is 17.4. The Kier molecular flexibility index (Phi) is 3.45. The van der Waals surface area contributed by atoms with Crippen LogP contribution >= 0.6 is 0 Å². The SMILES string of the molecule is CC(C)(C)OC(=O)N1CC(CC(=O)O)(n2cccn2)C1. The van der Waals surface area contributed by atoms with E-state index in [1.165, 1.54) is 4.90 Å². The Morgan fingerprint density at radius 3 is 2.50 bits per heavy atom. The van der Waals surface area contributed by atoms with Gasteiger partial charge in [-0.15, -0.1) is 0 Å². The van der Waals surface area contributed by atoms with E-state index in [0.29, 0.717) is 0 Å². The molecule has 2 heterocycles. The zero-order valence-electron chi connectivity index (χ0n) is 11.9. The summed E-state index contributed by atoms with van der Waals surface area (Å²) in [6.07, 6.45) is 2.81. The minimum Gasteiger partial charge on any atom is -0.481 e. The standard InChI is InChI=1S/C13H19N3O4/c1-12(2,3)20-11(19)15-8-13(9-15,7-10(17)18)16-6-4-5-14-16/h4-6H,7-9H2,1-3H3,(H,17,18). The predicted molar refractivity (Wildman–Crippen MR) is 70.3 cm³/mol. The first-order chi connectivity index (χ1) is 9.22. The van der Waals surface area contributed by atoms with Crippen LogP contribution in [0.2, 0.25) is 0 Å². The van der Waals surface area contributed by atoms with Crippen LogP contribution in [0, 0.1) is 0 Å². The molecule has 1 N–H and O–H groups in total. The van der Waals surface area contributed by atoms with E-state index in [1.807, 2.05) is 0 Å². The second-order valence-corrected chi connectivity index (χ2v) is 6.08. The van der Waals surface area contributed by atoms with Gasteiger partial charge in [-0.25, -0.2) is 4.79 Å². The number of carbonyl (C=O) groups is 2. The molecule has 0 aliphatic carbocycles. The van der Waals surface area contributed by atoms with Gasteiger partial charge in [-0.05, 0) is 26.8 Å². The molecule has 0 unspecified atom stereocenters. The summed E-state index contributed by atoms with van der Waals surface area (Å²) in [5, 5.41) is 13.2. The lowest BCUT2D eigenvalue weighted by atomic mass is 9.86. The second-order valence-electron chi connectivity index (χ2n) is 6.08. The van der Waals surface area contributed by atoms with Crippen LogP contribution in [0.3, 0.4) is 0 Å². The third-order valence-electron chi connectivity index (χ3n) is 3.09. The second kappa shape index (κ2) is 4.81. The summed E-state index contributed by atoms with van der Waals surface area (Å²) >= 11 is 0. The van der Waals surface area contributed by atoms with Crippen molar-refractivity contribution in [2.24, 2.45) is 0 Å². The summed E-state index contributed by atoms with van der Waals surface area (Å²) in [5.74, 6) is -0.913. The van der Waals surface area contributed by atoms with Crippen molar-refractivity contribution < 1.29 is 19.4 Å². The number of aromatic nitrogens is 2. The van der Waals surface area contributed by atoms with E-state index in [9.17, 15) is 9.59 Å². The first kappa shape index (κ1) is 14.4. The van der Waals surface area contributed by atoms with Gasteiger partial charge in [0.15, 0.2) is 0 Å². The number of carboxylic acid groups (broad SMARTS) is 1. The third-order valence-corrected chi connectivity index (χ3v) is 3.09. The lowest BCUT2D eigenvalue weighted by molar-refractivity contribution is -0.143. The number of carboxylic acids is 1. The summed E-state index contributed by atoms with van der Waals surface area (Å²) in [4.78, 5) is 24.4. The largest absolute Gasteiger partial charge is 0.481 e. The molecule has 7 heteroatoms. The Balaban J connectivity index is 2.06. The summed E-state index contributed by atoms with van der Waals surface area (Å²) in [5.41, 5.74) is -1.24. The maximum atomic E-state index is 11.9. The molecule has 0 bridgehead atoms. The zero-order valence-corrected chi connectivity index (χ0v) is 11.9. The Morgan fingerprint density at radius 1 is 1.40 bits per heavy atom. The minimum atomic E-state index is -0.913. The van der Waals surface area contributed by atoms with Gasteiger partial charge in [0.1, 0.15) is 11.1 Å². The highest BCUT2D eigenvalue weighted by Gasteiger charge is 2.49. The molecular weight excluding hydrogens is 262 g/mol. The number of hydrogen-bond acceptors (Lipinski definition) is 4. The molecule has 1 aromatic rings. The highest BCUT2D eigenvalue weighted by molar-refractivity contribution is 5.72. The predicted octanol–water partition coefficient (Wildman–Crippen LogP) is 1.30. The lowest BCUT2D eigenvalue weighted by Crippen LogP contribution is -2.65. The van der Waals surface area contributed by atoms with Crippen molar-refractivity contribution in [2.75, 3.05) is 13.1 Å². The molecule has 0 atom stereocenters. The van der Waals surface area contributed by atoms with Gasteiger partial charge < -0.3 is 14.7 Å². The van der Waals surface area contributed by atoms with Crippen LogP contribution < -0.4 is 0 Å². The number of rotatable bonds is 3. The summed E-state index contributed by atoms with van der Waals surface area (Å²) in [6, 6.07) is 1.74. The van der Waals surface area contributed by atoms with E-state index in [4.69, 9.17) is 9.84 Å². The van der Waals surface area contributed by atoms with E-state index in [1.54, 1.807) is 43.9 Å². The van der Waals surface area contributed by atoms with Gasteiger partial charge in [-0.1, -0.05) is 0 Å². The fourth-order valence-electron chi connectivity index (χ4n) is 2.29. The molecule has 1 aromatic heterocycles. The fraction of sp³-hybridized carbons (Fsp3) is 0.615. The number of carbonyl (C=O) groups excluding carboxylic acids is 1. The summed E-state index contributed by atoms with van der Waals surface area (Å²) in [7, 11) is 0. The first-order valence-corrected chi connectivity index (χ1v) is 6.42. The van der Waals surface area contributed by atoms with Crippen molar-refractivity contribution in [3.63, 3.8) is 0 Å². The molecular formula is C13H19N3O4. The molecule has 0 aromatic carbocycles. The van der Waals surface area contributed by atoms with Gasteiger partial charge in [0, 0.05) is 12.4 Å². The third kappa shape index (κ3) is 2.92. The quantitative estimate of drug-likeness (QED) is 0.902. The molecule has 1 fully saturated rings. The van der Waals surface area contributed by atoms with Crippen LogP contribution in [0.5, 0.6) is 0 Å². The topological polar surface area (TPSA) is 84.7 Å². The minimum absolute atomic E-state index is 0.0754. The number of ether oxygens (including phenoxy) is 1. The van der Waals surface area contributed by atoms with Crippen molar-refractivity contribution in [3.8, 4) is 0 Å². The van der Waals surface area contributed by atoms with Crippen molar-refractivity contribution in [3.05, 3.63) is 18.5 Å². The van der Waals surface area contributed by atoms with E-state index >= 15 is 0 Å². The number of amides is 1. The molecule has 1 aliphatic rings. The van der Waals surface area contributed by atoms with Gasteiger partial charge in [0.25, 0.3) is 0 Å². The summed E-state index contributed by atoms with van der Waals surface area (Å²) in [6.45, 7) is 5.96. The molecule has 7 nitrogen and oxygen atoms in total. The van der Waals surface area contributed by atoms with E-state index < -0.39 is 23.2 Å². The highest BCUT2D eigenvalue weighted by atomic mass is 16.6. The fourth-order valence-corrected chi connectivity index (χ4v) is 2.29. The van der Waals surface area contributed by atoms with Gasteiger partial charge >= 0.3 is 12.1 Å². The Bertz CT molecular complexity index is 498. The zero-order chi connectivity index (χ0) is 15.0. The van der Waals surface area contributed by atoms with Crippen molar-refractivity contribution in [1.29, 1.82) is 0 Å². The van der Waals surface area contributed by atoms with Crippen molar-refractivity contribution >= 4 is 12.1 Å². The number of aliphatic carboxylic acids is 1. The Labute approximate surface area is 117 Å². The molecule has 110 valence electrons. The first-order valence-electron chi connectivity index (χ1n) is 6.42. The van der Waals surface area contributed by atoms with Crippen LogP contribution in [0.4, 0.5) is 4.79 Å². The van der Waals surface area contributed by atoms with Crippen LogP contribution in [0.15, 0.2) is 18.5 Å². The van der Waals surface area contributed by atoms with E-state index in [-0.39, 0.29) is 19.5 Å². The van der Waals surface area contributed by atoms with Gasteiger partial charge in [-0.2, -0.15) is 5.10 Å². The molecule has 0 saturated carbocycles. The molecule has 2 rings (SSSR count). The highest BCUT2D eigenvalue weighted by Crippen LogP contribution is 2.33. The van der Waals surface area contributed by atoms with E-state index in [0.717, 1.165) is 0 Å². The van der Waals surface area contributed by atoms with Crippen LogP contribution in [-0.4, -0.2) is 50.5 Å². The van der Waals surface area contributed by atoms with Gasteiger partial charge in [0.05, 0.1) is 19.5 Å². The van der Waals surface area contributed by atoms with Crippen LogP contribution in [0.25, 0.3) is 0 Å². The molecule has 20 heavy (non-hydrogen) atoms. The van der Waals surface area contributed by atoms with Gasteiger partial charge in [0.2, 0.25) is 0 Å². The number of hydrogen-bond donors (Lipinski definition) is 1. The van der Waals surface area contributed by atoms with Crippen LogP contribution in [0.1, 0.15) is 27.2 Å². The maximum Gasteiger partial charge on any atom is 0.410 e. The Morgan fingerprint density at radius 2 is 2.05 bits per heavy atom.